The van der Waals surface area contributed by atoms with E-state index in [4.69, 9.17) is 15.2 Å². The summed E-state index contributed by atoms with van der Waals surface area (Å²) in [7, 11) is 3.24. The second-order valence-corrected chi connectivity index (χ2v) is 6.58. The Balaban J connectivity index is 1.74. The molecule has 1 aliphatic rings. The van der Waals surface area contributed by atoms with Crippen LogP contribution in [0, 0.1) is 0 Å². The van der Waals surface area contributed by atoms with Gasteiger partial charge in [-0.15, -0.1) is 0 Å². The van der Waals surface area contributed by atoms with Crippen LogP contribution in [0.2, 0.25) is 0 Å². The van der Waals surface area contributed by atoms with Crippen LogP contribution in [0.25, 0.3) is 0 Å². The fourth-order valence-electron chi connectivity index (χ4n) is 3.60. The first-order chi connectivity index (χ1) is 12.6. The van der Waals surface area contributed by atoms with E-state index in [0.29, 0.717) is 17.9 Å². The molecule has 0 spiro atoms. The predicted molar refractivity (Wildman–Crippen MR) is 101 cm³/mol. The van der Waals surface area contributed by atoms with Crippen LogP contribution >= 0.6 is 0 Å². The van der Waals surface area contributed by atoms with Crippen molar-refractivity contribution >= 4 is 5.91 Å². The second-order valence-electron chi connectivity index (χ2n) is 6.58. The SMILES string of the molecule is COc1ccc(C2CCCN2C(=O)CC(N)c2ccccc2)cc1OC. The number of hydrogen-bond acceptors (Lipinski definition) is 4. The summed E-state index contributed by atoms with van der Waals surface area (Å²) < 4.78 is 10.7. The Morgan fingerprint density at radius 2 is 1.88 bits per heavy atom. The van der Waals surface area contributed by atoms with Gasteiger partial charge in [0.2, 0.25) is 5.91 Å². The highest BCUT2D eigenvalue weighted by atomic mass is 16.5. The molecule has 5 nitrogen and oxygen atoms in total. The Morgan fingerprint density at radius 1 is 1.15 bits per heavy atom. The number of hydrogen-bond donors (Lipinski definition) is 1. The molecule has 3 rings (SSSR count). The van der Waals surface area contributed by atoms with Gasteiger partial charge in [0.05, 0.1) is 20.3 Å². The highest BCUT2D eigenvalue weighted by Gasteiger charge is 2.31. The highest BCUT2D eigenvalue weighted by molar-refractivity contribution is 5.78. The predicted octanol–water partition coefficient (Wildman–Crippen LogP) is 3.46. The standard InChI is InChI=1S/C21H26N2O3/c1-25-19-11-10-16(13-20(19)26-2)18-9-6-12-23(18)21(24)14-17(22)15-7-4-3-5-8-15/h3-5,7-8,10-11,13,17-18H,6,9,12,14,22H2,1-2H3. The smallest absolute Gasteiger partial charge is 0.224 e. The zero-order valence-corrected chi connectivity index (χ0v) is 15.4. The van der Waals surface area contributed by atoms with Gasteiger partial charge in [0.15, 0.2) is 11.5 Å². The number of rotatable bonds is 6. The number of carbonyl (C=O) groups excluding carboxylic acids is 1. The Kier molecular flexibility index (Phi) is 5.78. The first kappa shape index (κ1) is 18.3. The maximum Gasteiger partial charge on any atom is 0.224 e. The summed E-state index contributed by atoms with van der Waals surface area (Å²) in [5.41, 5.74) is 8.31. The molecule has 0 aromatic heterocycles. The number of benzene rings is 2. The van der Waals surface area contributed by atoms with Crippen LogP contribution < -0.4 is 15.2 Å². The zero-order valence-electron chi connectivity index (χ0n) is 15.4. The van der Waals surface area contributed by atoms with Crippen LogP contribution in [0.15, 0.2) is 48.5 Å². The van der Waals surface area contributed by atoms with E-state index in [1.165, 1.54) is 0 Å². The molecule has 2 atom stereocenters. The molecule has 2 N–H and O–H groups in total. The van der Waals surface area contributed by atoms with Crippen LogP contribution in [0.3, 0.4) is 0 Å². The number of carbonyl (C=O) groups is 1. The summed E-state index contributed by atoms with van der Waals surface area (Å²) in [6.07, 6.45) is 2.25. The number of likely N-dealkylation sites (tertiary alicyclic amines) is 1. The highest BCUT2D eigenvalue weighted by Crippen LogP contribution is 2.37. The van der Waals surface area contributed by atoms with E-state index in [1.807, 2.05) is 53.4 Å². The van der Waals surface area contributed by atoms with Crippen LogP contribution in [0.1, 0.15) is 42.5 Å². The van der Waals surface area contributed by atoms with E-state index in [9.17, 15) is 4.79 Å². The minimum Gasteiger partial charge on any atom is -0.493 e. The number of nitrogens with two attached hydrogens (primary N) is 1. The third-order valence-corrected chi connectivity index (χ3v) is 4.99. The quantitative estimate of drug-likeness (QED) is 0.863. The van der Waals surface area contributed by atoms with Crippen molar-refractivity contribution in [1.29, 1.82) is 0 Å². The van der Waals surface area contributed by atoms with Gasteiger partial charge in [-0.2, -0.15) is 0 Å². The van der Waals surface area contributed by atoms with Gasteiger partial charge in [0.25, 0.3) is 0 Å². The number of nitrogens with zero attached hydrogens (tertiary/aromatic N) is 1. The van der Waals surface area contributed by atoms with Gasteiger partial charge in [0.1, 0.15) is 0 Å². The minimum atomic E-state index is -0.282. The Labute approximate surface area is 154 Å². The van der Waals surface area contributed by atoms with E-state index in [1.54, 1.807) is 14.2 Å². The molecule has 0 saturated carbocycles. The van der Waals surface area contributed by atoms with Gasteiger partial charge in [-0.3, -0.25) is 4.79 Å². The molecule has 0 bridgehead atoms. The number of amides is 1. The van der Waals surface area contributed by atoms with E-state index in [-0.39, 0.29) is 18.0 Å². The summed E-state index contributed by atoms with van der Waals surface area (Å²) in [4.78, 5) is 14.8. The molecule has 1 heterocycles. The van der Waals surface area contributed by atoms with Crippen molar-refractivity contribution in [2.45, 2.75) is 31.3 Å². The largest absolute Gasteiger partial charge is 0.493 e. The fourth-order valence-corrected chi connectivity index (χ4v) is 3.60. The van der Waals surface area contributed by atoms with Crippen molar-refractivity contribution in [3.8, 4) is 11.5 Å². The van der Waals surface area contributed by atoms with Crippen LogP contribution in [-0.2, 0) is 4.79 Å². The molecule has 2 aromatic rings. The lowest BCUT2D eigenvalue weighted by Gasteiger charge is -2.27. The van der Waals surface area contributed by atoms with Gasteiger partial charge < -0.3 is 20.1 Å². The Bertz CT molecular complexity index is 748. The van der Waals surface area contributed by atoms with Gasteiger partial charge in [-0.25, -0.2) is 0 Å². The topological polar surface area (TPSA) is 64.8 Å². The van der Waals surface area contributed by atoms with E-state index in [0.717, 1.165) is 30.5 Å². The average Bonchev–Trinajstić information content (AvgIpc) is 3.18. The molecule has 2 unspecified atom stereocenters. The summed E-state index contributed by atoms with van der Waals surface area (Å²) in [5.74, 6) is 1.47. The molecule has 5 heteroatoms. The first-order valence-electron chi connectivity index (χ1n) is 8.96. The normalized spacial score (nSPS) is 17.8. The van der Waals surface area contributed by atoms with Crippen LogP contribution in [-0.4, -0.2) is 31.6 Å². The van der Waals surface area contributed by atoms with Gasteiger partial charge in [-0.1, -0.05) is 36.4 Å². The summed E-state index contributed by atoms with van der Waals surface area (Å²) in [5, 5.41) is 0. The van der Waals surface area contributed by atoms with Gasteiger partial charge in [0, 0.05) is 19.0 Å². The maximum atomic E-state index is 12.9. The molecule has 1 fully saturated rings. The summed E-state index contributed by atoms with van der Waals surface area (Å²) >= 11 is 0. The monoisotopic (exact) mass is 354 g/mol. The van der Waals surface area contributed by atoms with Crippen molar-refractivity contribution < 1.29 is 14.3 Å². The summed E-state index contributed by atoms with van der Waals surface area (Å²) in [6, 6.07) is 15.4. The third-order valence-electron chi connectivity index (χ3n) is 4.99. The molecule has 1 aliphatic heterocycles. The van der Waals surface area contributed by atoms with Crippen molar-refractivity contribution in [2.24, 2.45) is 5.73 Å². The molecule has 0 radical (unpaired) electrons. The van der Waals surface area contributed by atoms with Crippen molar-refractivity contribution in [1.82, 2.24) is 4.90 Å². The fraction of sp³-hybridized carbons (Fsp3) is 0.381. The first-order valence-corrected chi connectivity index (χ1v) is 8.96. The second kappa shape index (κ2) is 8.23. The Morgan fingerprint density at radius 3 is 2.58 bits per heavy atom. The number of methoxy groups -OCH3 is 2. The zero-order chi connectivity index (χ0) is 18.5. The van der Waals surface area contributed by atoms with Crippen LogP contribution in [0.5, 0.6) is 11.5 Å². The lowest BCUT2D eigenvalue weighted by atomic mass is 10.0. The van der Waals surface area contributed by atoms with E-state index < -0.39 is 0 Å². The molecule has 2 aromatic carbocycles. The van der Waals surface area contributed by atoms with Crippen molar-refractivity contribution in [3.63, 3.8) is 0 Å². The molecule has 1 saturated heterocycles. The third kappa shape index (κ3) is 3.83. The minimum absolute atomic E-state index is 0.0604. The van der Waals surface area contributed by atoms with Crippen molar-refractivity contribution in [3.05, 3.63) is 59.7 Å². The van der Waals surface area contributed by atoms with Gasteiger partial charge >= 0.3 is 0 Å². The maximum absolute atomic E-state index is 12.9. The molecule has 138 valence electrons. The molecule has 26 heavy (non-hydrogen) atoms. The molecule has 1 amide bonds. The summed E-state index contributed by atoms with van der Waals surface area (Å²) in [6.45, 7) is 0.763. The van der Waals surface area contributed by atoms with E-state index >= 15 is 0 Å². The molecular formula is C21H26N2O3. The van der Waals surface area contributed by atoms with Crippen LogP contribution in [0.4, 0.5) is 0 Å². The lowest BCUT2D eigenvalue weighted by molar-refractivity contribution is -0.132. The Hall–Kier alpha value is -2.53. The molecule has 0 aliphatic carbocycles. The lowest BCUT2D eigenvalue weighted by Crippen LogP contribution is -2.33. The van der Waals surface area contributed by atoms with E-state index in [2.05, 4.69) is 0 Å². The number of ether oxygens (including phenoxy) is 2. The van der Waals surface area contributed by atoms with Gasteiger partial charge in [-0.05, 0) is 36.1 Å². The average molecular weight is 354 g/mol. The van der Waals surface area contributed by atoms with Crippen molar-refractivity contribution in [2.75, 3.05) is 20.8 Å². The molecular weight excluding hydrogens is 328 g/mol.